The highest BCUT2D eigenvalue weighted by Crippen LogP contribution is 2.31. The molecule has 7 nitrogen and oxygen atoms in total. The summed E-state index contributed by atoms with van der Waals surface area (Å²) in [5.41, 5.74) is 5.15. The van der Waals surface area contributed by atoms with Crippen LogP contribution in [0.4, 0.5) is 5.69 Å². The molecule has 1 aliphatic heterocycles. The number of hydrogen-bond donors (Lipinski definition) is 0. The Morgan fingerprint density at radius 1 is 1.03 bits per heavy atom. The average Bonchev–Trinajstić information content (AvgIpc) is 3.24. The quantitative estimate of drug-likeness (QED) is 0.560. The first-order valence-electron chi connectivity index (χ1n) is 10.6. The molecule has 0 saturated carbocycles. The molecule has 1 aromatic heterocycles. The Balaban J connectivity index is 1.59. The number of rotatable bonds is 7. The highest BCUT2D eigenvalue weighted by atomic mass is 35.5. The molecule has 0 aliphatic carbocycles. The van der Waals surface area contributed by atoms with Gasteiger partial charge in [0.2, 0.25) is 0 Å². The molecule has 1 aliphatic rings. The third-order valence-corrected chi connectivity index (χ3v) is 6.35. The molecule has 3 aromatic rings. The van der Waals surface area contributed by atoms with Crippen molar-refractivity contribution in [2.75, 3.05) is 44.8 Å². The molecular formula is C23H29ClN6O. The van der Waals surface area contributed by atoms with Gasteiger partial charge in [0.05, 0.1) is 19.2 Å². The molecule has 0 bridgehead atoms. The lowest BCUT2D eigenvalue weighted by atomic mass is 10.0. The summed E-state index contributed by atoms with van der Waals surface area (Å²) in [5, 5.41) is 13.3. The van der Waals surface area contributed by atoms with Crippen molar-refractivity contribution in [3.63, 3.8) is 0 Å². The topological polar surface area (TPSA) is 59.3 Å². The number of ether oxygens (including phenoxy) is 1. The van der Waals surface area contributed by atoms with Gasteiger partial charge in [0.15, 0.2) is 5.82 Å². The average molecular weight is 441 g/mol. The number of aryl methyl sites for hydroxylation is 1. The molecule has 0 N–H and O–H groups in total. The number of hydrogen-bond acceptors (Lipinski definition) is 6. The summed E-state index contributed by atoms with van der Waals surface area (Å²) < 4.78 is 7.09. The third-order valence-electron chi connectivity index (χ3n) is 6.09. The smallest absolute Gasteiger partial charge is 0.173 e. The van der Waals surface area contributed by atoms with Crippen LogP contribution in [-0.2, 0) is 11.3 Å². The second kappa shape index (κ2) is 9.77. The number of anilines is 1. The van der Waals surface area contributed by atoms with Crippen molar-refractivity contribution in [2.24, 2.45) is 0 Å². The molecule has 2 aromatic carbocycles. The van der Waals surface area contributed by atoms with Crippen LogP contribution in [-0.4, -0.2) is 65.0 Å². The Hall–Kier alpha value is -2.48. The van der Waals surface area contributed by atoms with E-state index in [9.17, 15) is 0 Å². The van der Waals surface area contributed by atoms with Crippen LogP contribution in [0, 0.1) is 13.8 Å². The van der Waals surface area contributed by atoms with Crippen molar-refractivity contribution in [1.29, 1.82) is 0 Å². The summed E-state index contributed by atoms with van der Waals surface area (Å²) >= 11 is 6.16. The van der Waals surface area contributed by atoms with Crippen molar-refractivity contribution in [3.05, 3.63) is 70.0 Å². The van der Waals surface area contributed by atoms with Gasteiger partial charge in [-0.05, 0) is 59.2 Å². The molecule has 1 atom stereocenters. The standard InChI is InChI=1S/C23H29ClN6O/c1-17-5-4-6-21(18(17)2)28-11-13-29(14-12-28)22(19-7-9-20(24)10-8-19)23-25-26-27-30(23)15-16-31-3/h4-10,22H,11-16H2,1-3H3/t22-/m0/s1. The number of benzene rings is 2. The van der Waals surface area contributed by atoms with Crippen LogP contribution in [0.5, 0.6) is 0 Å². The largest absolute Gasteiger partial charge is 0.383 e. The third kappa shape index (κ3) is 4.74. The molecule has 0 spiro atoms. The van der Waals surface area contributed by atoms with Crippen molar-refractivity contribution in [1.82, 2.24) is 25.1 Å². The zero-order chi connectivity index (χ0) is 21.8. The summed E-state index contributed by atoms with van der Waals surface area (Å²) in [4.78, 5) is 4.94. The Kier molecular flexibility index (Phi) is 6.85. The van der Waals surface area contributed by atoms with E-state index >= 15 is 0 Å². The van der Waals surface area contributed by atoms with Gasteiger partial charge in [-0.25, -0.2) is 4.68 Å². The summed E-state index contributed by atoms with van der Waals surface area (Å²) in [6.45, 7) is 9.29. The first-order chi connectivity index (χ1) is 15.1. The van der Waals surface area contributed by atoms with Crippen molar-refractivity contribution in [2.45, 2.75) is 26.4 Å². The number of halogens is 1. The van der Waals surface area contributed by atoms with E-state index in [2.05, 4.69) is 69.5 Å². The molecule has 164 valence electrons. The highest BCUT2D eigenvalue weighted by molar-refractivity contribution is 6.30. The van der Waals surface area contributed by atoms with Gasteiger partial charge in [-0.2, -0.15) is 0 Å². The van der Waals surface area contributed by atoms with Crippen molar-refractivity contribution >= 4 is 17.3 Å². The van der Waals surface area contributed by atoms with Gasteiger partial charge in [-0.15, -0.1) is 5.10 Å². The van der Waals surface area contributed by atoms with E-state index in [0.717, 1.165) is 42.6 Å². The fraction of sp³-hybridized carbons (Fsp3) is 0.435. The number of tetrazole rings is 1. The van der Waals surface area contributed by atoms with Crippen molar-refractivity contribution in [3.8, 4) is 0 Å². The maximum Gasteiger partial charge on any atom is 0.173 e. The van der Waals surface area contributed by atoms with Crippen LogP contribution >= 0.6 is 11.6 Å². The SMILES string of the molecule is COCCn1nnnc1[C@H](c1ccc(Cl)cc1)N1CCN(c2cccc(C)c2C)CC1. The van der Waals surface area contributed by atoms with Crippen LogP contribution in [0.1, 0.15) is 28.6 Å². The zero-order valence-electron chi connectivity index (χ0n) is 18.3. The zero-order valence-corrected chi connectivity index (χ0v) is 19.1. The molecule has 0 unspecified atom stereocenters. The number of methoxy groups -OCH3 is 1. The summed E-state index contributed by atoms with van der Waals surface area (Å²) in [6, 6.07) is 14.5. The first-order valence-corrected chi connectivity index (χ1v) is 11.0. The minimum atomic E-state index is -0.0371. The molecule has 0 radical (unpaired) electrons. The minimum absolute atomic E-state index is 0.0371. The molecule has 8 heteroatoms. The lowest BCUT2D eigenvalue weighted by molar-refractivity contribution is 0.171. The van der Waals surface area contributed by atoms with Gasteiger partial charge in [-0.3, -0.25) is 4.90 Å². The molecule has 1 saturated heterocycles. The van der Waals surface area contributed by atoms with Gasteiger partial charge >= 0.3 is 0 Å². The summed E-state index contributed by atoms with van der Waals surface area (Å²) in [6.07, 6.45) is 0. The first kappa shape index (κ1) is 21.7. The van der Waals surface area contributed by atoms with Gasteiger partial charge in [0, 0.05) is 44.0 Å². The second-order valence-electron chi connectivity index (χ2n) is 7.95. The lowest BCUT2D eigenvalue weighted by Gasteiger charge is -2.40. The Morgan fingerprint density at radius 2 is 1.77 bits per heavy atom. The van der Waals surface area contributed by atoms with Crippen LogP contribution in [0.3, 0.4) is 0 Å². The van der Waals surface area contributed by atoms with Crippen LogP contribution in [0.2, 0.25) is 5.02 Å². The Morgan fingerprint density at radius 3 is 2.48 bits per heavy atom. The van der Waals surface area contributed by atoms with E-state index in [0.29, 0.717) is 13.2 Å². The van der Waals surface area contributed by atoms with Crippen molar-refractivity contribution < 1.29 is 4.74 Å². The summed E-state index contributed by atoms with van der Waals surface area (Å²) in [7, 11) is 1.69. The molecular weight excluding hydrogens is 412 g/mol. The molecule has 0 amide bonds. The van der Waals surface area contributed by atoms with E-state index in [1.54, 1.807) is 7.11 Å². The molecule has 31 heavy (non-hydrogen) atoms. The monoisotopic (exact) mass is 440 g/mol. The lowest BCUT2D eigenvalue weighted by Crippen LogP contribution is -2.48. The van der Waals surface area contributed by atoms with Gasteiger partial charge in [0.1, 0.15) is 0 Å². The highest BCUT2D eigenvalue weighted by Gasteiger charge is 2.31. The second-order valence-corrected chi connectivity index (χ2v) is 8.39. The molecule has 2 heterocycles. The number of piperazine rings is 1. The van der Waals surface area contributed by atoms with E-state index in [4.69, 9.17) is 16.3 Å². The predicted molar refractivity (Wildman–Crippen MR) is 123 cm³/mol. The van der Waals surface area contributed by atoms with Crippen LogP contribution < -0.4 is 4.90 Å². The van der Waals surface area contributed by atoms with Gasteiger partial charge in [0.25, 0.3) is 0 Å². The number of nitrogens with zero attached hydrogens (tertiary/aromatic N) is 6. The molecule has 4 rings (SSSR count). The van der Waals surface area contributed by atoms with Crippen LogP contribution in [0.15, 0.2) is 42.5 Å². The predicted octanol–water partition coefficient (Wildman–Crippen LogP) is 3.50. The molecule has 1 fully saturated rings. The van der Waals surface area contributed by atoms with E-state index in [-0.39, 0.29) is 6.04 Å². The maximum absolute atomic E-state index is 6.16. The fourth-order valence-corrected chi connectivity index (χ4v) is 4.34. The number of aromatic nitrogens is 4. The van der Waals surface area contributed by atoms with Gasteiger partial charge < -0.3 is 9.64 Å². The van der Waals surface area contributed by atoms with Crippen LogP contribution in [0.25, 0.3) is 0 Å². The Bertz CT molecular complexity index is 998. The van der Waals surface area contributed by atoms with E-state index in [1.807, 2.05) is 16.8 Å². The van der Waals surface area contributed by atoms with E-state index in [1.165, 1.54) is 16.8 Å². The summed E-state index contributed by atoms with van der Waals surface area (Å²) in [5.74, 6) is 0.833. The van der Waals surface area contributed by atoms with E-state index < -0.39 is 0 Å². The van der Waals surface area contributed by atoms with Gasteiger partial charge in [-0.1, -0.05) is 35.9 Å². The normalized spacial score (nSPS) is 15.9. The Labute approximate surface area is 188 Å². The minimum Gasteiger partial charge on any atom is -0.383 e. The maximum atomic E-state index is 6.16. The fourth-order valence-electron chi connectivity index (χ4n) is 4.21.